The van der Waals surface area contributed by atoms with E-state index in [1.807, 2.05) is 35.3 Å². The average molecular weight is 339 g/mol. The number of rotatable bonds is 5. The molecule has 9 heteroatoms. The van der Waals surface area contributed by atoms with E-state index < -0.39 is 17.2 Å². The summed E-state index contributed by atoms with van der Waals surface area (Å²) in [6.07, 6.45) is 1.19. The highest BCUT2D eigenvalue weighted by Gasteiger charge is 2.11. The van der Waals surface area contributed by atoms with Crippen molar-refractivity contribution in [2.24, 2.45) is 0 Å². The van der Waals surface area contributed by atoms with Crippen molar-refractivity contribution in [3.63, 3.8) is 0 Å². The predicted molar refractivity (Wildman–Crippen MR) is 88.4 cm³/mol. The van der Waals surface area contributed by atoms with Gasteiger partial charge in [0.05, 0.1) is 0 Å². The topological polar surface area (TPSA) is 130 Å². The monoisotopic (exact) mass is 339 g/mol. The number of hydrogen-bond acceptors (Lipinski definition) is 6. The number of nitrogens with zero attached hydrogens (tertiary/aromatic N) is 2. The first-order chi connectivity index (χ1) is 12.1. The Morgan fingerprint density at radius 3 is 2.64 bits per heavy atom. The van der Waals surface area contributed by atoms with Crippen LogP contribution in [-0.4, -0.2) is 25.8 Å². The molecule has 0 aliphatic rings. The molecule has 126 valence electrons. The molecule has 2 heterocycles. The molecule has 0 fully saturated rings. The fraction of sp³-hybridized carbons (Fsp3) is 0.0625. The summed E-state index contributed by atoms with van der Waals surface area (Å²) in [7, 11) is 0. The Kier molecular flexibility index (Phi) is 4.65. The van der Waals surface area contributed by atoms with Gasteiger partial charge in [-0.2, -0.15) is 0 Å². The second-order valence-electron chi connectivity index (χ2n) is 4.97. The van der Waals surface area contributed by atoms with Crippen LogP contribution in [-0.2, 0) is 6.61 Å². The Morgan fingerprint density at radius 1 is 1.08 bits per heavy atom. The Hall–Kier alpha value is -3.75. The van der Waals surface area contributed by atoms with Crippen LogP contribution >= 0.6 is 0 Å². The molecule has 2 aromatic heterocycles. The third kappa shape index (κ3) is 4.38. The van der Waals surface area contributed by atoms with Crippen molar-refractivity contribution in [1.82, 2.24) is 19.9 Å². The molecule has 0 aliphatic heterocycles. The molecule has 25 heavy (non-hydrogen) atoms. The van der Waals surface area contributed by atoms with Gasteiger partial charge in [0.1, 0.15) is 24.4 Å². The van der Waals surface area contributed by atoms with Crippen LogP contribution in [0, 0.1) is 0 Å². The Balaban J connectivity index is 1.71. The van der Waals surface area contributed by atoms with Gasteiger partial charge in [-0.1, -0.05) is 30.3 Å². The number of H-pyrrole nitrogens is 2. The van der Waals surface area contributed by atoms with Crippen LogP contribution in [0.4, 0.5) is 5.82 Å². The van der Waals surface area contributed by atoms with E-state index in [9.17, 15) is 14.4 Å². The molecule has 0 atom stereocenters. The first kappa shape index (κ1) is 16.1. The number of benzene rings is 1. The third-order valence-corrected chi connectivity index (χ3v) is 3.11. The Bertz CT molecular complexity index is 969. The van der Waals surface area contributed by atoms with Gasteiger partial charge >= 0.3 is 5.69 Å². The van der Waals surface area contributed by atoms with Gasteiger partial charge < -0.3 is 10.1 Å². The SMILES string of the molecule is O=C(Nc1cc(=O)[nH]c(=O)[nH]1)c1cc(OCc2ccccc2)ncn1. The molecular weight excluding hydrogens is 326 g/mol. The van der Waals surface area contributed by atoms with Crippen LogP contribution in [0.5, 0.6) is 5.88 Å². The van der Waals surface area contributed by atoms with Gasteiger partial charge in [0.2, 0.25) is 5.88 Å². The van der Waals surface area contributed by atoms with E-state index in [-0.39, 0.29) is 17.4 Å². The molecule has 3 N–H and O–H groups in total. The lowest BCUT2D eigenvalue weighted by molar-refractivity contribution is 0.102. The number of carbonyl (C=O) groups excluding carboxylic acids is 1. The molecule has 0 radical (unpaired) electrons. The van der Waals surface area contributed by atoms with Gasteiger partial charge in [-0.15, -0.1) is 0 Å². The first-order valence-electron chi connectivity index (χ1n) is 7.24. The van der Waals surface area contributed by atoms with E-state index in [1.54, 1.807) is 0 Å². The van der Waals surface area contributed by atoms with E-state index in [0.717, 1.165) is 11.6 Å². The number of aromatic nitrogens is 4. The zero-order valence-electron chi connectivity index (χ0n) is 12.9. The Labute approximate surface area is 140 Å². The lowest BCUT2D eigenvalue weighted by atomic mass is 10.2. The molecule has 3 rings (SSSR count). The van der Waals surface area contributed by atoms with Crippen LogP contribution < -0.4 is 21.3 Å². The van der Waals surface area contributed by atoms with Gasteiger partial charge in [0.15, 0.2) is 0 Å². The van der Waals surface area contributed by atoms with Crippen molar-refractivity contribution in [1.29, 1.82) is 0 Å². The third-order valence-electron chi connectivity index (χ3n) is 3.11. The summed E-state index contributed by atoms with van der Waals surface area (Å²) in [6, 6.07) is 11.9. The van der Waals surface area contributed by atoms with E-state index in [4.69, 9.17) is 4.74 Å². The zero-order valence-corrected chi connectivity index (χ0v) is 12.9. The normalized spacial score (nSPS) is 10.2. The highest BCUT2D eigenvalue weighted by molar-refractivity contribution is 6.02. The zero-order chi connectivity index (χ0) is 17.6. The van der Waals surface area contributed by atoms with Crippen molar-refractivity contribution in [3.8, 4) is 5.88 Å². The minimum absolute atomic E-state index is 0.0270. The molecule has 1 amide bonds. The van der Waals surface area contributed by atoms with Gasteiger partial charge in [-0.25, -0.2) is 14.8 Å². The van der Waals surface area contributed by atoms with E-state index >= 15 is 0 Å². The van der Waals surface area contributed by atoms with Crippen LogP contribution in [0.15, 0.2) is 58.4 Å². The molecule has 0 saturated carbocycles. The second kappa shape index (κ2) is 7.21. The summed E-state index contributed by atoms with van der Waals surface area (Å²) in [6.45, 7) is 0.292. The number of aromatic amines is 2. The molecule has 3 aromatic rings. The molecule has 9 nitrogen and oxygen atoms in total. The lowest BCUT2D eigenvalue weighted by Gasteiger charge is -2.07. The van der Waals surface area contributed by atoms with Gasteiger partial charge in [0, 0.05) is 12.1 Å². The molecule has 1 aromatic carbocycles. The maximum atomic E-state index is 12.2. The quantitative estimate of drug-likeness (QED) is 0.627. The van der Waals surface area contributed by atoms with Crippen LogP contribution in [0.1, 0.15) is 16.1 Å². The Morgan fingerprint density at radius 2 is 1.88 bits per heavy atom. The van der Waals surface area contributed by atoms with E-state index in [1.165, 1.54) is 12.4 Å². The summed E-state index contributed by atoms with van der Waals surface area (Å²) in [4.78, 5) is 46.7. The molecule has 0 saturated heterocycles. The van der Waals surface area contributed by atoms with Gasteiger partial charge in [0.25, 0.3) is 11.5 Å². The fourth-order valence-electron chi connectivity index (χ4n) is 2.00. The summed E-state index contributed by atoms with van der Waals surface area (Å²) in [5.74, 6) is -0.430. The number of ether oxygens (including phenoxy) is 1. The van der Waals surface area contributed by atoms with Crippen molar-refractivity contribution in [2.75, 3.05) is 5.32 Å². The number of nitrogens with one attached hydrogen (secondary N) is 3. The minimum Gasteiger partial charge on any atom is -0.473 e. The largest absolute Gasteiger partial charge is 0.473 e. The molecule has 0 unspecified atom stereocenters. The van der Waals surface area contributed by atoms with Crippen LogP contribution in [0.2, 0.25) is 0 Å². The van der Waals surface area contributed by atoms with Crippen molar-refractivity contribution in [2.45, 2.75) is 6.61 Å². The van der Waals surface area contributed by atoms with Crippen LogP contribution in [0.25, 0.3) is 0 Å². The smallest absolute Gasteiger partial charge is 0.327 e. The molecule has 0 aliphatic carbocycles. The summed E-state index contributed by atoms with van der Waals surface area (Å²) in [5, 5.41) is 2.38. The number of carbonyl (C=O) groups is 1. The minimum atomic E-state index is -0.725. The highest BCUT2D eigenvalue weighted by atomic mass is 16.5. The average Bonchev–Trinajstić information content (AvgIpc) is 2.60. The van der Waals surface area contributed by atoms with Crippen molar-refractivity contribution >= 4 is 11.7 Å². The number of hydrogen-bond donors (Lipinski definition) is 3. The number of amides is 1. The van der Waals surface area contributed by atoms with Crippen molar-refractivity contribution in [3.05, 3.63) is 80.9 Å². The van der Waals surface area contributed by atoms with Gasteiger partial charge in [-0.3, -0.25) is 19.6 Å². The summed E-state index contributed by atoms with van der Waals surface area (Å²) in [5.41, 5.74) is -0.376. The molecule has 0 bridgehead atoms. The van der Waals surface area contributed by atoms with E-state index in [2.05, 4.69) is 20.3 Å². The standard InChI is InChI=1S/C16H13N5O4/c22-13-7-12(20-16(24)21-13)19-15(23)11-6-14(18-9-17-11)25-8-10-4-2-1-3-5-10/h1-7,9H,8H2,(H3,19,20,21,22,23,24). The molecular formula is C16H13N5O4. The molecule has 0 spiro atoms. The maximum Gasteiger partial charge on any atom is 0.327 e. The summed E-state index contributed by atoms with van der Waals surface area (Å²) >= 11 is 0. The lowest BCUT2D eigenvalue weighted by Crippen LogP contribution is -2.25. The number of anilines is 1. The van der Waals surface area contributed by atoms with E-state index in [0.29, 0.717) is 6.61 Å². The second-order valence-corrected chi connectivity index (χ2v) is 4.97. The highest BCUT2D eigenvalue weighted by Crippen LogP contribution is 2.11. The summed E-state index contributed by atoms with van der Waals surface area (Å²) < 4.78 is 5.53. The first-order valence-corrected chi connectivity index (χ1v) is 7.24. The van der Waals surface area contributed by atoms with Crippen molar-refractivity contribution < 1.29 is 9.53 Å². The maximum absolute atomic E-state index is 12.2. The van der Waals surface area contributed by atoms with Crippen LogP contribution in [0.3, 0.4) is 0 Å². The predicted octanol–water partition coefficient (Wildman–Crippen LogP) is 0.684. The fourth-order valence-corrected chi connectivity index (χ4v) is 2.00. The van der Waals surface area contributed by atoms with Gasteiger partial charge in [-0.05, 0) is 5.56 Å².